The fourth-order valence-corrected chi connectivity index (χ4v) is 22.1. The van der Waals surface area contributed by atoms with Crippen LogP contribution in [0.4, 0.5) is 0 Å². The summed E-state index contributed by atoms with van der Waals surface area (Å²) < 4.78 is 89.9. The molecule has 588 valence electrons. The number of hydrogen-bond donors (Lipinski definition) is 0. The summed E-state index contributed by atoms with van der Waals surface area (Å²) in [6, 6.07) is 0. The maximum Gasteiger partial charge on any atom is 0.0311 e. The third-order valence-electron chi connectivity index (χ3n) is 29.7. The van der Waals surface area contributed by atoms with Crippen molar-refractivity contribution in [2.24, 2.45) is 164 Å². The van der Waals surface area contributed by atoms with Gasteiger partial charge in [0.2, 0.25) is 0 Å². The molecule has 0 aromatic rings. The van der Waals surface area contributed by atoms with Crippen LogP contribution in [0.2, 0.25) is 0 Å². The summed E-state index contributed by atoms with van der Waals surface area (Å²) in [6.07, 6.45) is 49.4. The average Bonchev–Trinajstić information content (AvgIpc) is 1.53. The summed E-state index contributed by atoms with van der Waals surface area (Å²) in [5.41, 5.74) is -0.0509. The maximum absolute atomic E-state index is 8.23. The van der Waals surface area contributed by atoms with Crippen molar-refractivity contribution < 1.29 is 16.4 Å². The van der Waals surface area contributed by atoms with Crippen LogP contribution in [0.25, 0.3) is 0 Å². The van der Waals surface area contributed by atoms with Crippen LogP contribution in [0.15, 0.2) is 0 Å². The van der Waals surface area contributed by atoms with E-state index in [4.69, 9.17) is 16.4 Å². The molecule has 0 aromatic heterocycles. The molecule has 12 bridgehead atoms. The Morgan fingerprint density at radius 3 is 0.869 bits per heavy atom. The lowest BCUT2D eigenvalue weighted by molar-refractivity contribution is -0.0376. The Labute approximate surface area is 645 Å². The van der Waals surface area contributed by atoms with Gasteiger partial charge in [-0.15, -0.1) is 0 Å². The molecule has 0 aliphatic heterocycles. The molecule has 0 aromatic carbocycles. The second-order valence-corrected chi connectivity index (χ2v) is 41.9. The first-order valence-electron chi connectivity index (χ1n) is 50.9. The molecule has 99 heavy (non-hydrogen) atoms. The first kappa shape index (κ1) is 73.2. The molecule has 0 N–H and O–H groups in total. The van der Waals surface area contributed by atoms with Crippen molar-refractivity contribution in [1.82, 2.24) is 0 Å². The zero-order valence-electron chi connectivity index (χ0n) is 84.5. The molecular weight excluding hydrogens is 1190 g/mol. The van der Waals surface area contributed by atoms with Crippen molar-refractivity contribution in [2.45, 2.75) is 469 Å². The minimum Gasteiger partial charge on any atom is -0.0651 e. The highest BCUT2D eigenvalue weighted by atomic mass is 14.5. The van der Waals surface area contributed by atoms with Gasteiger partial charge in [-0.3, -0.25) is 0 Å². The zero-order valence-corrected chi connectivity index (χ0v) is 72.5. The molecule has 17 saturated carbocycles. The molecule has 17 aliphatic carbocycles. The van der Waals surface area contributed by atoms with Crippen LogP contribution in [0, 0.1) is 164 Å². The summed E-state index contributed by atoms with van der Waals surface area (Å²) >= 11 is 0. The van der Waals surface area contributed by atoms with Crippen LogP contribution in [0.5, 0.6) is 0 Å². The fraction of sp³-hybridized carbons (Fsp3) is 1.00. The van der Waals surface area contributed by atoms with E-state index in [0.717, 1.165) is 118 Å². The van der Waals surface area contributed by atoms with E-state index >= 15 is 0 Å². The van der Waals surface area contributed by atoms with Gasteiger partial charge in [-0.1, -0.05) is 366 Å². The van der Waals surface area contributed by atoms with E-state index in [1.165, 1.54) is 148 Å². The Hall–Kier alpha value is 0. The molecule has 0 heterocycles. The Bertz CT molecular complexity index is 2400. The minimum atomic E-state index is -2.82. The maximum atomic E-state index is 8.23. The lowest BCUT2D eigenvalue weighted by atomic mass is 9.51. The predicted molar refractivity (Wildman–Crippen MR) is 449 cm³/mol. The van der Waals surface area contributed by atoms with Gasteiger partial charge in [0.25, 0.3) is 0 Å². The van der Waals surface area contributed by atoms with Crippen molar-refractivity contribution in [3.63, 3.8) is 0 Å². The number of hydrogen-bond acceptors (Lipinski definition) is 0. The smallest absolute Gasteiger partial charge is 0.0311 e. The minimum absolute atomic E-state index is 0.0469. The van der Waals surface area contributed by atoms with Gasteiger partial charge in [0, 0.05) is 16.4 Å². The Balaban J connectivity index is 0.000000257. The van der Waals surface area contributed by atoms with Crippen LogP contribution >= 0.6 is 0 Å². The third-order valence-corrected chi connectivity index (χ3v) is 29.7. The van der Waals surface area contributed by atoms with Crippen molar-refractivity contribution in [2.75, 3.05) is 0 Å². The van der Waals surface area contributed by atoms with Gasteiger partial charge in [-0.25, -0.2) is 0 Å². The zero-order chi connectivity index (χ0) is 84.5. The molecule has 0 saturated heterocycles. The molecule has 7 atom stereocenters. The van der Waals surface area contributed by atoms with E-state index in [9.17, 15) is 0 Å². The van der Waals surface area contributed by atoms with Gasteiger partial charge in [0.1, 0.15) is 0 Å². The van der Waals surface area contributed by atoms with Gasteiger partial charge in [0.05, 0.1) is 0 Å². The van der Waals surface area contributed by atoms with Crippen molar-refractivity contribution in [3.8, 4) is 0 Å². The summed E-state index contributed by atoms with van der Waals surface area (Å²) in [5, 5.41) is 0. The van der Waals surface area contributed by atoms with Crippen molar-refractivity contribution >= 4 is 0 Å². The highest BCUT2D eigenvalue weighted by Gasteiger charge is 2.48. The molecule has 0 radical (unpaired) electrons. The fourth-order valence-electron chi connectivity index (χ4n) is 22.1. The first-order chi connectivity index (χ1) is 50.9. The Kier molecular flexibility index (Phi) is 34.3. The lowest BCUT2D eigenvalue weighted by Gasteiger charge is -2.54. The normalized spacial score (nSPS) is 38.7. The second kappa shape index (κ2) is 46.4. The van der Waals surface area contributed by atoms with Crippen LogP contribution < -0.4 is 0 Å². The molecule has 0 amide bonds. The molecule has 17 aliphatic rings. The Morgan fingerprint density at radius 2 is 0.687 bits per heavy atom. The lowest BCUT2D eigenvalue weighted by Crippen LogP contribution is -2.44. The highest BCUT2D eigenvalue weighted by Crippen LogP contribution is 2.58. The third kappa shape index (κ3) is 35.3. The van der Waals surface area contributed by atoms with E-state index in [0.29, 0.717) is 5.92 Å². The molecule has 7 unspecified atom stereocenters. The van der Waals surface area contributed by atoms with E-state index in [-0.39, 0.29) is 33.4 Å². The van der Waals surface area contributed by atoms with Gasteiger partial charge in [-0.05, 0) is 266 Å². The van der Waals surface area contributed by atoms with Gasteiger partial charge in [-0.2, -0.15) is 0 Å². The monoisotopic (exact) mass is 1390 g/mol. The van der Waals surface area contributed by atoms with Crippen LogP contribution in [0.1, 0.15) is 485 Å². The van der Waals surface area contributed by atoms with E-state index in [2.05, 4.69) is 132 Å². The first-order valence-corrected chi connectivity index (χ1v) is 44.9. The largest absolute Gasteiger partial charge is 0.0651 e. The van der Waals surface area contributed by atoms with E-state index < -0.39 is 37.8 Å². The van der Waals surface area contributed by atoms with Crippen molar-refractivity contribution in [3.05, 3.63) is 0 Å². The molecule has 17 rings (SSSR count). The molecule has 17 fully saturated rings. The molecular formula is C99H192. The summed E-state index contributed by atoms with van der Waals surface area (Å²) in [6.45, 7) is 54.9. The summed E-state index contributed by atoms with van der Waals surface area (Å²) in [7, 11) is 0. The summed E-state index contributed by atoms with van der Waals surface area (Å²) in [5.74, 6) is 21.0. The van der Waals surface area contributed by atoms with Gasteiger partial charge < -0.3 is 0 Å². The standard InChI is InChI=1S/C12H20.C11H18.C10H22.C9H16.C9H20.C8H14.C8H16.2C7H14.2C6H12.C6H14/c1-2-12-10-4-8-3-9(6-10)7-11(12)5-8;1-7-10-3-8-2-9(5-10)6-11(7)4-8;1-8(9(2,3)4)10(5,6)7;1-2-8-5-7-3-4-9(8)6-7;1-7(2)8(3)9(4,5)6;1-6-4-7-2-3-8(6)5-7;1-2-8-6-4-3-5-7-8;1-7-5-3-2-4-6-7;1-2-7-5-3-4-6-7;2*1-6-4-2-3-5-6;1-5-6(2,3)4/h8-12H,2-7H2,1H3;7-11H,2-6H2,1H3;8H,1-7H3;7-9H,2-6H2,1H3;7-8H,1-6H3;6-8H,2-5H2,1H3;8H,2-7H2,1H3;2*7H,2-6H2,1H3;2*6H,2-5H2,1H3;5H2,1-4H3/i;;8D;;8D;;;;;2D2,3D2,4D2,5D2;;5D2. The molecule has 0 spiro atoms. The number of rotatable bonds is 5. The van der Waals surface area contributed by atoms with E-state index in [1.54, 1.807) is 122 Å². The topological polar surface area (TPSA) is 0 Å². The van der Waals surface area contributed by atoms with Crippen LogP contribution in [-0.2, 0) is 0 Å². The second-order valence-electron chi connectivity index (χ2n) is 41.9. The van der Waals surface area contributed by atoms with Crippen molar-refractivity contribution in [1.29, 1.82) is 0 Å². The van der Waals surface area contributed by atoms with Crippen LogP contribution in [-0.4, -0.2) is 0 Å². The SMILES string of the molecule is CC1C2CC3CC(C2)CC1C3.CC1CC2CCC1C2.CC1CCCC1.CC1CCCCC1.CCC1C2CC3CC(C2)CC1C3.CCC1CC2CCC1C2.CCC1CCCC1.CCC1CCCCC1.[2H]C(C)(C(C)(C)C)C(C)(C)C.[2H]C(C)(C(C)C)C(C)(C)C.[2H]C([2H])(C)C(C)(C)C.[2H]C1([2H])C(C)C([2H])([2H])C([2H])([2H])C1([2H])[2H]. The van der Waals surface area contributed by atoms with Gasteiger partial charge >= 0.3 is 0 Å². The quantitative estimate of drug-likeness (QED) is 0.257. The summed E-state index contributed by atoms with van der Waals surface area (Å²) in [4.78, 5) is 0. The molecule has 0 nitrogen and oxygen atoms in total. The highest BCUT2D eigenvalue weighted by molar-refractivity contribution is 4.98. The predicted octanol–water partition coefficient (Wildman–Crippen LogP) is 33.8. The van der Waals surface area contributed by atoms with Crippen LogP contribution in [0.3, 0.4) is 0 Å². The Morgan fingerprint density at radius 1 is 0.343 bits per heavy atom. The van der Waals surface area contributed by atoms with E-state index in [1.807, 2.05) is 34.6 Å². The molecule has 0 heteroatoms. The van der Waals surface area contributed by atoms with Gasteiger partial charge in [0.15, 0.2) is 0 Å². The average molecular weight is 1390 g/mol. The number of fused-ring (bicyclic) bond motifs is 4.